The van der Waals surface area contributed by atoms with Gasteiger partial charge in [-0.25, -0.2) is 4.98 Å². The smallest absolute Gasteiger partial charge is 0.261 e. The number of fused-ring (bicyclic) bond motifs is 2. The molecule has 27 heavy (non-hydrogen) atoms. The highest BCUT2D eigenvalue weighted by Gasteiger charge is 2.41. The number of amides is 2. The number of H-pyrrole nitrogens is 1. The molecule has 5 rings (SSSR count). The van der Waals surface area contributed by atoms with Crippen molar-refractivity contribution >= 4 is 22.8 Å². The Balaban J connectivity index is 1.52. The second-order valence-electron chi connectivity index (χ2n) is 7.42. The molecule has 0 aliphatic carbocycles. The van der Waals surface area contributed by atoms with Crippen LogP contribution in [0.15, 0.2) is 24.5 Å². The molecule has 0 atom stereocenters. The summed E-state index contributed by atoms with van der Waals surface area (Å²) in [6.45, 7) is 1.80. The van der Waals surface area contributed by atoms with Gasteiger partial charge in [-0.15, -0.1) is 0 Å². The van der Waals surface area contributed by atoms with Crippen LogP contribution < -0.4 is 0 Å². The minimum atomic E-state index is -0.197. The number of aromatic nitrogens is 4. The number of hydrogen-bond acceptors (Lipinski definition) is 5. The number of carbonyl (C=O) groups excluding carboxylic acids is 2. The highest BCUT2D eigenvalue weighted by Crippen LogP contribution is 2.32. The van der Waals surface area contributed by atoms with Crippen LogP contribution in [0.2, 0.25) is 0 Å². The zero-order valence-electron chi connectivity index (χ0n) is 15.3. The minimum Gasteiger partial charge on any atom is -0.338 e. The van der Waals surface area contributed by atoms with Gasteiger partial charge >= 0.3 is 0 Å². The number of piperidine rings is 1. The largest absolute Gasteiger partial charge is 0.338 e. The predicted molar refractivity (Wildman–Crippen MR) is 99.3 cm³/mol. The first-order chi connectivity index (χ1) is 13.0. The maximum atomic E-state index is 13.0. The number of aromatic amines is 1. The Kier molecular flexibility index (Phi) is 3.45. The summed E-state index contributed by atoms with van der Waals surface area (Å²) in [5, 5.41) is 4.16. The molecule has 2 aromatic heterocycles. The lowest BCUT2D eigenvalue weighted by atomic mass is 10.0. The van der Waals surface area contributed by atoms with E-state index in [1.54, 1.807) is 23.0 Å². The van der Waals surface area contributed by atoms with E-state index in [-0.39, 0.29) is 17.9 Å². The van der Waals surface area contributed by atoms with Crippen molar-refractivity contribution in [3.8, 4) is 11.4 Å². The molecule has 138 valence electrons. The molecule has 0 spiro atoms. The van der Waals surface area contributed by atoms with Gasteiger partial charge in [0.15, 0.2) is 0 Å². The van der Waals surface area contributed by atoms with E-state index in [1.165, 1.54) is 4.90 Å². The molecule has 2 aliphatic rings. The number of imide groups is 1. The van der Waals surface area contributed by atoms with Gasteiger partial charge < -0.3 is 9.88 Å². The molecule has 3 aromatic rings. The number of likely N-dealkylation sites (tertiary alicyclic amines) is 1. The van der Waals surface area contributed by atoms with E-state index >= 15 is 0 Å². The summed E-state index contributed by atoms with van der Waals surface area (Å²) in [7, 11) is 3.91. The van der Waals surface area contributed by atoms with Gasteiger partial charge in [0.05, 0.1) is 33.9 Å². The van der Waals surface area contributed by atoms with Crippen LogP contribution in [0.25, 0.3) is 22.4 Å². The predicted octanol–water partition coefficient (Wildman–Crippen LogP) is 1.65. The van der Waals surface area contributed by atoms with Crippen LogP contribution in [0.4, 0.5) is 0 Å². The summed E-state index contributed by atoms with van der Waals surface area (Å²) in [6.07, 6.45) is 5.24. The number of nitrogens with one attached hydrogen (secondary N) is 1. The van der Waals surface area contributed by atoms with Crippen LogP contribution in [-0.2, 0) is 7.05 Å². The molecule has 1 aromatic carbocycles. The lowest BCUT2D eigenvalue weighted by molar-refractivity contribution is 0.0516. The van der Waals surface area contributed by atoms with Crippen LogP contribution in [0, 0.1) is 0 Å². The number of nitrogens with zero attached hydrogens (tertiary/aromatic N) is 5. The normalized spacial score (nSPS) is 18.7. The van der Waals surface area contributed by atoms with Gasteiger partial charge in [0.25, 0.3) is 11.8 Å². The third kappa shape index (κ3) is 2.48. The third-order valence-electron chi connectivity index (χ3n) is 5.55. The molecule has 2 amide bonds. The number of carbonyl (C=O) groups is 2. The van der Waals surface area contributed by atoms with Gasteiger partial charge in [-0.2, -0.15) is 5.10 Å². The number of rotatable bonds is 2. The Morgan fingerprint density at radius 3 is 2.44 bits per heavy atom. The molecule has 0 radical (unpaired) electrons. The first kappa shape index (κ1) is 16.2. The van der Waals surface area contributed by atoms with Gasteiger partial charge in [-0.1, -0.05) is 0 Å². The maximum Gasteiger partial charge on any atom is 0.261 e. The molecule has 0 bridgehead atoms. The summed E-state index contributed by atoms with van der Waals surface area (Å²) in [5.74, 6) is 0.287. The number of aryl methyl sites for hydroxylation is 1. The summed E-state index contributed by atoms with van der Waals surface area (Å²) >= 11 is 0. The fourth-order valence-corrected chi connectivity index (χ4v) is 4.03. The Labute approximate surface area is 155 Å². The van der Waals surface area contributed by atoms with Crippen molar-refractivity contribution in [3.63, 3.8) is 0 Å². The van der Waals surface area contributed by atoms with Gasteiger partial charge in [0.1, 0.15) is 5.82 Å². The van der Waals surface area contributed by atoms with E-state index in [0.717, 1.165) is 37.0 Å². The summed E-state index contributed by atoms with van der Waals surface area (Å²) in [4.78, 5) is 37.4. The molecule has 8 heteroatoms. The van der Waals surface area contributed by atoms with Crippen molar-refractivity contribution in [2.24, 2.45) is 7.05 Å². The van der Waals surface area contributed by atoms with Crippen LogP contribution in [-0.4, -0.2) is 67.5 Å². The first-order valence-electron chi connectivity index (χ1n) is 9.10. The number of benzene rings is 1. The SMILES string of the molecule is CN1CCC(N2C(=O)c3cc4nc(-c5cnn(C)c5)[nH]c4cc3C2=O)CC1. The zero-order chi connectivity index (χ0) is 18.7. The number of hydrogen-bond donors (Lipinski definition) is 1. The Morgan fingerprint density at radius 1 is 1.07 bits per heavy atom. The average molecular weight is 364 g/mol. The zero-order valence-corrected chi connectivity index (χ0v) is 15.3. The Hall–Kier alpha value is -3.00. The molecule has 4 heterocycles. The van der Waals surface area contributed by atoms with Gasteiger partial charge in [-0.05, 0) is 45.1 Å². The minimum absolute atomic E-state index is 0.0224. The van der Waals surface area contributed by atoms with E-state index in [1.807, 2.05) is 13.2 Å². The highest BCUT2D eigenvalue weighted by molar-refractivity contribution is 6.23. The summed E-state index contributed by atoms with van der Waals surface area (Å²) in [6, 6.07) is 3.47. The van der Waals surface area contributed by atoms with Crippen molar-refractivity contribution < 1.29 is 9.59 Å². The average Bonchev–Trinajstić information content (AvgIpc) is 3.32. The van der Waals surface area contributed by atoms with Gasteiger partial charge in [0, 0.05) is 19.3 Å². The molecule has 1 saturated heterocycles. The molecule has 1 N–H and O–H groups in total. The molecule has 0 saturated carbocycles. The molecular formula is C19H20N6O2. The van der Waals surface area contributed by atoms with E-state index in [0.29, 0.717) is 22.5 Å². The lowest BCUT2D eigenvalue weighted by Crippen LogP contribution is -2.46. The quantitative estimate of drug-likeness (QED) is 0.699. The highest BCUT2D eigenvalue weighted by atomic mass is 16.2. The van der Waals surface area contributed by atoms with Crippen molar-refractivity contribution in [1.82, 2.24) is 29.5 Å². The van der Waals surface area contributed by atoms with E-state index in [4.69, 9.17) is 0 Å². The first-order valence-corrected chi connectivity index (χ1v) is 9.10. The third-order valence-corrected chi connectivity index (χ3v) is 5.55. The van der Waals surface area contributed by atoms with E-state index in [9.17, 15) is 9.59 Å². The molecule has 0 unspecified atom stereocenters. The molecular weight excluding hydrogens is 344 g/mol. The lowest BCUT2D eigenvalue weighted by Gasteiger charge is -2.33. The standard InChI is InChI=1S/C19H20N6O2/c1-23-5-3-12(4-6-23)25-18(26)13-7-15-16(8-14(13)19(25)27)22-17(21-15)11-9-20-24(2)10-11/h7-10,12H,3-6H2,1-2H3,(H,21,22). The van der Waals surface area contributed by atoms with Crippen molar-refractivity contribution in [2.45, 2.75) is 18.9 Å². The topological polar surface area (TPSA) is 87.1 Å². The van der Waals surface area contributed by atoms with Gasteiger partial charge in [-0.3, -0.25) is 19.2 Å². The summed E-state index contributed by atoms with van der Waals surface area (Å²) in [5.41, 5.74) is 3.21. The van der Waals surface area contributed by atoms with Gasteiger partial charge in [0.2, 0.25) is 0 Å². The van der Waals surface area contributed by atoms with Crippen molar-refractivity contribution in [3.05, 3.63) is 35.7 Å². The van der Waals surface area contributed by atoms with Crippen LogP contribution in [0.1, 0.15) is 33.6 Å². The summed E-state index contributed by atoms with van der Waals surface area (Å²) < 4.78 is 1.70. The fourth-order valence-electron chi connectivity index (χ4n) is 4.03. The fraction of sp³-hybridized carbons (Fsp3) is 0.368. The van der Waals surface area contributed by atoms with E-state index < -0.39 is 0 Å². The molecule has 1 fully saturated rings. The van der Waals surface area contributed by atoms with Crippen molar-refractivity contribution in [2.75, 3.05) is 20.1 Å². The molecule has 8 nitrogen and oxygen atoms in total. The van der Waals surface area contributed by atoms with Crippen LogP contribution >= 0.6 is 0 Å². The second-order valence-corrected chi connectivity index (χ2v) is 7.42. The number of imidazole rings is 1. The Bertz CT molecular complexity index is 1020. The Morgan fingerprint density at radius 2 is 1.78 bits per heavy atom. The van der Waals surface area contributed by atoms with E-state index in [2.05, 4.69) is 27.0 Å². The van der Waals surface area contributed by atoms with Crippen LogP contribution in [0.5, 0.6) is 0 Å². The maximum absolute atomic E-state index is 13.0. The van der Waals surface area contributed by atoms with Crippen LogP contribution in [0.3, 0.4) is 0 Å². The second kappa shape index (κ2) is 5.75. The molecule has 2 aliphatic heterocycles. The monoisotopic (exact) mass is 364 g/mol. The van der Waals surface area contributed by atoms with Crippen molar-refractivity contribution in [1.29, 1.82) is 0 Å².